The van der Waals surface area contributed by atoms with Crippen LogP contribution in [-0.2, 0) is 27.4 Å². The van der Waals surface area contributed by atoms with Crippen molar-refractivity contribution in [2.45, 2.75) is 61.4 Å². The number of amides is 1. The topological polar surface area (TPSA) is 91.3 Å². The quantitative estimate of drug-likeness (QED) is 0.237. The zero-order valence-corrected chi connectivity index (χ0v) is 26.1. The Kier molecular flexibility index (Phi) is 11.3. The highest BCUT2D eigenvalue weighted by molar-refractivity contribution is 6.76. The molecule has 1 aliphatic heterocycles. The third-order valence-corrected chi connectivity index (χ3v) is 8.36. The number of carbonyl (C=O) groups is 1. The minimum Gasteiger partial charge on any atom is -0.392 e. The molecule has 0 radical (unpaired) electrons. The van der Waals surface area contributed by atoms with Gasteiger partial charge in [-0.3, -0.25) is 9.69 Å². The van der Waals surface area contributed by atoms with Gasteiger partial charge in [0.1, 0.15) is 0 Å². The molecular formula is C32H37Cl3N2O5. The highest BCUT2D eigenvalue weighted by Crippen LogP contribution is 2.42. The fraction of sp³-hybridized carbons (Fsp3) is 0.406. The Balaban J connectivity index is 1.53. The monoisotopic (exact) mass is 634 g/mol. The average molecular weight is 636 g/mol. The van der Waals surface area contributed by atoms with E-state index in [4.69, 9.17) is 44.3 Å². The summed E-state index contributed by atoms with van der Waals surface area (Å²) in [6, 6.07) is 24.8. The minimum absolute atomic E-state index is 0.0128. The fourth-order valence-electron chi connectivity index (χ4n) is 5.02. The Bertz CT molecular complexity index is 1290. The Hall–Kier alpha value is -2.20. The summed E-state index contributed by atoms with van der Waals surface area (Å²) in [7, 11) is 1.99. The lowest BCUT2D eigenvalue weighted by Gasteiger charge is -2.43. The smallest absolute Gasteiger partial charge is 0.272 e. The maximum absolute atomic E-state index is 11.9. The molecule has 0 unspecified atom stereocenters. The number of likely N-dealkylation sites (N-methyl/N-ethyl adjacent to an activating group) is 1. The number of hydrogen-bond donors (Lipinski definition) is 3. The molecule has 10 heteroatoms. The summed E-state index contributed by atoms with van der Waals surface area (Å²) in [6.45, 7) is 4.85. The molecule has 3 aromatic rings. The van der Waals surface area contributed by atoms with E-state index >= 15 is 0 Å². The van der Waals surface area contributed by atoms with Crippen LogP contribution in [0.2, 0.25) is 0 Å². The standard InChI is InChI=1S/C32H37Cl3N2O5/c1-20-27(18-37(3)21(2)28(39)24-7-5-4-6-8-24)41-30(42-29(20)25-13-11-23(19-38)12-14-25)26-15-9-22(10-16-26)17-36-31(40)32(33,34)35/h4-16,20-21,27-30,38-39H,17-19H2,1-3H3,(H,36,40)/t20-,21+,27+,28+,29+,30+/m0/s1. The lowest BCUT2D eigenvalue weighted by Crippen LogP contribution is -2.46. The van der Waals surface area contributed by atoms with Crippen LogP contribution < -0.4 is 5.32 Å². The van der Waals surface area contributed by atoms with E-state index < -0.39 is 22.1 Å². The lowest BCUT2D eigenvalue weighted by atomic mass is 9.89. The summed E-state index contributed by atoms with van der Waals surface area (Å²) in [6.07, 6.45) is -1.79. The van der Waals surface area contributed by atoms with Crippen LogP contribution in [0.15, 0.2) is 78.9 Å². The van der Waals surface area contributed by atoms with Crippen LogP contribution in [0.5, 0.6) is 0 Å². The van der Waals surface area contributed by atoms with Crippen molar-refractivity contribution < 1.29 is 24.5 Å². The molecule has 0 bridgehead atoms. The highest BCUT2D eigenvalue weighted by atomic mass is 35.6. The van der Waals surface area contributed by atoms with Gasteiger partial charge in [-0.2, -0.15) is 0 Å². The zero-order chi connectivity index (χ0) is 30.4. The van der Waals surface area contributed by atoms with Gasteiger partial charge < -0.3 is 25.0 Å². The van der Waals surface area contributed by atoms with Gasteiger partial charge in [0.2, 0.25) is 0 Å². The van der Waals surface area contributed by atoms with Gasteiger partial charge in [-0.15, -0.1) is 0 Å². The number of alkyl halides is 3. The molecule has 1 aliphatic rings. The summed E-state index contributed by atoms with van der Waals surface area (Å²) in [5.41, 5.74) is 4.32. The Labute approximate surface area is 262 Å². The van der Waals surface area contributed by atoms with E-state index in [2.05, 4.69) is 17.1 Å². The van der Waals surface area contributed by atoms with Gasteiger partial charge in [-0.05, 0) is 36.2 Å². The molecule has 1 saturated heterocycles. The highest BCUT2D eigenvalue weighted by Gasteiger charge is 2.39. The molecule has 7 nitrogen and oxygen atoms in total. The van der Waals surface area contributed by atoms with E-state index in [0.717, 1.165) is 27.8 Å². The molecule has 0 aromatic heterocycles. The summed E-state index contributed by atoms with van der Waals surface area (Å²) in [5, 5.41) is 23.2. The molecule has 0 aliphatic carbocycles. The number of nitrogens with one attached hydrogen (secondary N) is 1. The number of benzene rings is 3. The third-order valence-electron chi connectivity index (χ3n) is 7.85. The summed E-state index contributed by atoms with van der Waals surface area (Å²) < 4.78 is 11.1. The molecule has 1 amide bonds. The molecule has 226 valence electrons. The predicted molar refractivity (Wildman–Crippen MR) is 165 cm³/mol. The van der Waals surface area contributed by atoms with E-state index in [9.17, 15) is 15.0 Å². The van der Waals surface area contributed by atoms with Crippen LogP contribution in [0.1, 0.15) is 60.2 Å². The number of aliphatic hydroxyl groups excluding tert-OH is 2. The van der Waals surface area contributed by atoms with Crippen molar-refractivity contribution in [2.24, 2.45) is 5.92 Å². The largest absolute Gasteiger partial charge is 0.392 e. The van der Waals surface area contributed by atoms with Crippen molar-refractivity contribution in [1.82, 2.24) is 10.2 Å². The van der Waals surface area contributed by atoms with Gasteiger partial charge in [0.25, 0.3) is 9.70 Å². The first-order chi connectivity index (χ1) is 20.0. The number of nitrogens with zero attached hydrogens (tertiary/aromatic N) is 1. The van der Waals surface area contributed by atoms with Gasteiger partial charge >= 0.3 is 0 Å². The molecule has 42 heavy (non-hydrogen) atoms. The number of rotatable bonds is 10. The third kappa shape index (κ3) is 8.24. The van der Waals surface area contributed by atoms with Crippen LogP contribution in [0, 0.1) is 5.92 Å². The molecule has 1 heterocycles. The maximum atomic E-state index is 11.9. The number of ether oxygens (including phenoxy) is 2. The molecular weight excluding hydrogens is 599 g/mol. The Morgan fingerprint density at radius 2 is 1.55 bits per heavy atom. The van der Waals surface area contributed by atoms with Crippen molar-refractivity contribution >= 4 is 40.7 Å². The van der Waals surface area contributed by atoms with Gasteiger partial charge in [0.05, 0.1) is 24.9 Å². The van der Waals surface area contributed by atoms with Crippen molar-refractivity contribution in [2.75, 3.05) is 13.6 Å². The second-order valence-corrected chi connectivity index (χ2v) is 13.1. The maximum Gasteiger partial charge on any atom is 0.272 e. The first kappa shape index (κ1) is 32.7. The van der Waals surface area contributed by atoms with Crippen LogP contribution >= 0.6 is 34.8 Å². The van der Waals surface area contributed by atoms with E-state index in [0.29, 0.717) is 6.54 Å². The van der Waals surface area contributed by atoms with Crippen LogP contribution in [-0.4, -0.2) is 50.6 Å². The molecule has 3 aromatic carbocycles. The zero-order valence-electron chi connectivity index (χ0n) is 23.8. The van der Waals surface area contributed by atoms with E-state index in [-0.39, 0.29) is 37.3 Å². The molecule has 4 rings (SSSR count). The number of halogens is 3. The van der Waals surface area contributed by atoms with Crippen molar-refractivity contribution in [1.29, 1.82) is 0 Å². The van der Waals surface area contributed by atoms with Gasteiger partial charge in [0.15, 0.2) is 6.29 Å². The Morgan fingerprint density at radius 1 is 0.952 bits per heavy atom. The molecule has 3 N–H and O–H groups in total. The van der Waals surface area contributed by atoms with E-state index in [1.165, 1.54) is 0 Å². The van der Waals surface area contributed by atoms with Gasteiger partial charge in [-0.25, -0.2) is 0 Å². The van der Waals surface area contributed by atoms with E-state index in [1.54, 1.807) is 0 Å². The Morgan fingerprint density at radius 3 is 2.14 bits per heavy atom. The first-order valence-corrected chi connectivity index (χ1v) is 15.0. The lowest BCUT2D eigenvalue weighted by molar-refractivity contribution is -0.276. The van der Waals surface area contributed by atoms with Crippen molar-refractivity contribution in [3.63, 3.8) is 0 Å². The second kappa shape index (κ2) is 14.5. The average Bonchev–Trinajstić information content (AvgIpc) is 3.00. The normalized spacial score (nSPS) is 22.5. The first-order valence-electron chi connectivity index (χ1n) is 13.9. The van der Waals surface area contributed by atoms with Crippen molar-refractivity contribution in [3.8, 4) is 0 Å². The summed E-state index contributed by atoms with van der Waals surface area (Å²) in [5.74, 6) is -0.709. The second-order valence-electron chi connectivity index (χ2n) is 10.8. The summed E-state index contributed by atoms with van der Waals surface area (Å²) >= 11 is 16.9. The SMILES string of the molecule is C[C@H]1[C@@H](CN(C)[C@H](C)[C@@H](O)c2ccccc2)O[C@@H](c2ccc(CNC(=O)C(Cl)(Cl)Cl)cc2)O[C@H]1c1ccc(CO)cc1. The molecule has 1 fully saturated rings. The van der Waals surface area contributed by atoms with Crippen molar-refractivity contribution in [3.05, 3.63) is 107 Å². The number of aliphatic hydroxyl groups is 2. The van der Waals surface area contributed by atoms with E-state index in [1.807, 2.05) is 92.8 Å². The van der Waals surface area contributed by atoms with Gasteiger partial charge in [0, 0.05) is 30.6 Å². The van der Waals surface area contributed by atoms with Gasteiger partial charge in [-0.1, -0.05) is 121 Å². The molecule has 0 spiro atoms. The number of hydrogen-bond acceptors (Lipinski definition) is 6. The fourth-order valence-corrected chi connectivity index (χ4v) is 5.22. The summed E-state index contributed by atoms with van der Waals surface area (Å²) in [4.78, 5) is 14.0. The molecule has 0 saturated carbocycles. The number of carbonyl (C=O) groups excluding carboxylic acids is 1. The van der Waals surface area contributed by atoms with Crippen LogP contribution in [0.4, 0.5) is 0 Å². The minimum atomic E-state index is -2.03. The van der Waals surface area contributed by atoms with Crippen LogP contribution in [0.25, 0.3) is 0 Å². The van der Waals surface area contributed by atoms with Crippen LogP contribution in [0.3, 0.4) is 0 Å². The predicted octanol–water partition coefficient (Wildman–Crippen LogP) is 6.01. The molecule has 6 atom stereocenters.